The summed E-state index contributed by atoms with van der Waals surface area (Å²) in [6, 6.07) is 9.64. The van der Waals surface area contributed by atoms with Crippen molar-refractivity contribution in [2.24, 2.45) is 5.92 Å². The highest BCUT2D eigenvalue weighted by molar-refractivity contribution is 5.95. The Kier molecular flexibility index (Phi) is 6.37. The van der Waals surface area contributed by atoms with Gasteiger partial charge in [-0.25, -0.2) is 4.68 Å². The van der Waals surface area contributed by atoms with Gasteiger partial charge in [0.1, 0.15) is 0 Å². The maximum absolute atomic E-state index is 12.9. The Hall–Kier alpha value is -2.34. The molecule has 0 radical (unpaired) electrons. The van der Waals surface area contributed by atoms with Crippen LogP contribution in [0.3, 0.4) is 0 Å². The van der Waals surface area contributed by atoms with Gasteiger partial charge >= 0.3 is 0 Å². The summed E-state index contributed by atoms with van der Waals surface area (Å²) in [6.45, 7) is 5.80. The Bertz CT molecular complexity index is 653. The second-order valence-electron chi connectivity index (χ2n) is 5.96. The van der Waals surface area contributed by atoms with E-state index in [1.54, 1.807) is 30.0 Å². The summed E-state index contributed by atoms with van der Waals surface area (Å²) in [4.78, 5) is 14.7. The van der Waals surface area contributed by atoms with Crippen molar-refractivity contribution in [1.82, 2.24) is 14.7 Å². The Labute approximate surface area is 143 Å². The molecule has 0 unspecified atom stereocenters. The molecule has 0 aliphatic rings. The van der Waals surface area contributed by atoms with Gasteiger partial charge in [0.2, 0.25) is 0 Å². The van der Waals surface area contributed by atoms with Crippen LogP contribution in [-0.4, -0.2) is 54.5 Å². The molecule has 0 fully saturated rings. The van der Waals surface area contributed by atoms with Crippen LogP contribution in [0, 0.1) is 5.92 Å². The fourth-order valence-corrected chi connectivity index (χ4v) is 2.44. The molecule has 6 heteroatoms. The SMILES string of the molecule is COCCN(CC(C)C)C(=O)c1nn(-c2ccccc2)cc1OC. The molecule has 1 heterocycles. The number of hydrogen-bond donors (Lipinski definition) is 0. The molecule has 0 bridgehead atoms. The standard InChI is InChI=1S/C18H25N3O3/c1-14(2)12-20(10-11-23-3)18(22)17-16(24-4)13-21(19-17)15-8-6-5-7-9-15/h5-9,13-14H,10-12H2,1-4H3. The van der Waals surface area contributed by atoms with Gasteiger partial charge in [0.15, 0.2) is 11.4 Å². The van der Waals surface area contributed by atoms with Crippen molar-refractivity contribution in [1.29, 1.82) is 0 Å². The number of para-hydroxylation sites is 1. The van der Waals surface area contributed by atoms with Gasteiger partial charge in [-0.2, -0.15) is 5.10 Å². The number of hydrogen-bond acceptors (Lipinski definition) is 4. The van der Waals surface area contributed by atoms with E-state index in [2.05, 4.69) is 18.9 Å². The van der Waals surface area contributed by atoms with Crippen LogP contribution in [0.25, 0.3) is 5.69 Å². The lowest BCUT2D eigenvalue weighted by molar-refractivity contribution is 0.0663. The van der Waals surface area contributed by atoms with Crippen molar-refractivity contribution in [2.45, 2.75) is 13.8 Å². The van der Waals surface area contributed by atoms with Crippen molar-refractivity contribution in [3.8, 4) is 11.4 Å². The molecule has 2 aromatic rings. The molecular formula is C18H25N3O3. The number of benzene rings is 1. The molecule has 1 aromatic heterocycles. The van der Waals surface area contributed by atoms with Gasteiger partial charge in [0.05, 0.1) is 25.6 Å². The van der Waals surface area contributed by atoms with Crippen LogP contribution in [0.5, 0.6) is 5.75 Å². The van der Waals surface area contributed by atoms with E-state index >= 15 is 0 Å². The van der Waals surface area contributed by atoms with E-state index in [9.17, 15) is 4.79 Å². The molecule has 6 nitrogen and oxygen atoms in total. The molecule has 0 atom stereocenters. The van der Waals surface area contributed by atoms with E-state index in [1.165, 1.54) is 0 Å². The lowest BCUT2D eigenvalue weighted by Gasteiger charge is -2.23. The Balaban J connectivity index is 2.31. The van der Waals surface area contributed by atoms with Gasteiger partial charge < -0.3 is 14.4 Å². The second-order valence-corrected chi connectivity index (χ2v) is 5.96. The summed E-state index contributed by atoms with van der Waals surface area (Å²) in [5, 5.41) is 4.45. The minimum Gasteiger partial charge on any atom is -0.493 e. The molecule has 1 amide bonds. The van der Waals surface area contributed by atoms with Crippen LogP contribution in [0.1, 0.15) is 24.3 Å². The van der Waals surface area contributed by atoms with Crippen molar-refractivity contribution >= 4 is 5.91 Å². The van der Waals surface area contributed by atoms with E-state index in [4.69, 9.17) is 9.47 Å². The predicted octanol–water partition coefficient (Wildman–Crippen LogP) is 2.63. The summed E-state index contributed by atoms with van der Waals surface area (Å²) in [5.74, 6) is 0.676. The summed E-state index contributed by atoms with van der Waals surface area (Å²) in [5.41, 5.74) is 1.19. The summed E-state index contributed by atoms with van der Waals surface area (Å²) in [6.07, 6.45) is 1.73. The molecule has 1 aromatic carbocycles. The Morgan fingerprint density at radius 3 is 2.54 bits per heavy atom. The first-order chi connectivity index (χ1) is 11.6. The molecule has 2 rings (SSSR count). The van der Waals surface area contributed by atoms with E-state index in [-0.39, 0.29) is 5.91 Å². The van der Waals surface area contributed by atoms with Crippen molar-refractivity contribution in [3.63, 3.8) is 0 Å². The first-order valence-electron chi connectivity index (χ1n) is 8.04. The molecule has 0 saturated carbocycles. The van der Waals surface area contributed by atoms with Gasteiger partial charge in [-0.15, -0.1) is 0 Å². The average Bonchev–Trinajstić information content (AvgIpc) is 3.02. The lowest BCUT2D eigenvalue weighted by atomic mass is 10.2. The number of ether oxygens (including phenoxy) is 2. The fraction of sp³-hybridized carbons (Fsp3) is 0.444. The number of carbonyl (C=O) groups is 1. The van der Waals surface area contributed by atoms with Crippen molar-refractivity contribution < 1.29 is 14.3 Å². The fourth-order valence-electron chi connectivity index (χ4n) is 2.44. The van der Waals surface area contributed by atoms with Gasteiger partial charge in [-0.3, -0.25) is 4.79 Å². The predicted molar refractivity (Wildman–Crippen MR) is 92.7 cm³/mol. The highest BCUT2D eigenvalue weighted by atomic mass is 16.5. The van der Waals surface area contributed by atoms with E-state index in [0.717, 1.165) is 5.69 Å². The first-order valence-corrected chi connectivity index (χ1v) is 8.04. The maximum atomic E-state index is 12.9. The van der Waals surface area contributed by atoms with Crippen LogP contribution in [0.4, 0.5) is 0 Å². The van der Waals surface area contributed by atoms with Gasteiger partial charge in [-0.05, 0) is 18.1 Å². The zero-order chi connectivity index (χ0) is 17.5. The molecule has 24 heavy (non-hydrogen) atoms. The topological polar surface area (TPSA) is 56.6 Å². The molecule has 0 N–H and O–H groups in total. The third-order valence-corrected chi connectivity index (χ3v) is 3.56. The molecular weight excluding hydrogens is 306 g/mol. The van der Waals surface area contributed by atoms with Crippen LogP contribution in [-0.2, 0) is 4.74 Å². The van der Waals surface area contributed by atoms with E-state index in [0.29, 0.717) is 37.1 Å². The number of carbonyl (C=O) groups excluding carboxylic acids is 1. The van der Waals surface area contributed by atoms with Crippen LogP contribution in [0.2, 0.25) is 0 Å². The molecule has 130 valence electrons. The number of aromatic nitrogens is 2. The number of methoxy groups -OCH3 is 2. The quantitative estimate of drug-likeness (QED) is 0.746. The average molecular weight is 331 g/mol. The normalized spacial score (nSPS) is 10.9. The highest BCUT2D eigenvalue weighted by Crippen LogP contribution is 2.21. The number of amides is 1. The molecule has 0 spiro atoms. The minimum absolute atomic E-state index is 0.146. The van der Waals surface area contributed by atoms with Crippen LogP contribution >= 0.6 is 0 Å². The third kappa shape index (κ3) is 4.35. The van der Waals surface area contributed by atoms with Crippen molar-refractivity contribution in [2.75, 3.05) is 33.9 Å². The monoisotopic (exact) mass is 331 g/mol. The number of rotatable bonds is 8. The third-order valence-electron chi connectivity index (χ3n) is 3.56. The maximum Gasteiger partial charge on any atom is 0.278 e. The zero-order valence-electron chi connectivity index (χ0n) is 14.7. The second kappa shape index (κ2) is 8.49. The van der Waals surface area contributed by atoms with E-state index in [1.807, 2.05) is 30.3 Å². The Morgan fingerprint density at radius 2 is 1.96 bits per heavy atom. The van der Waals surface area contributed by atoms with Crippen LogP contribution < -0.4 is 4.74 Å². The Morgan fingerprint density at radius 1 is 1.25 bits per heavy atom. The largest absolute Gasteiger partial charge is 0.493 e. The first kappa shape index (κ1) is 18.0. The zero-order valence-corrected chi connectivity index (χ0v) is 14.7. The molecule has 0 aliphatic carbocycles. The van der Waals surface area contributed by atoms with Gasteiger partial charge in [0, 0.05) is 20.2 Å². The van der Waals surface area contributed by atoms with Crippen LogP contribution in [0.15, 0.2) is 36.5 Å². The van der Waals surface area contributed by atoms with Crippen molar-refractivity contribution in [3.05, 3.63) is 42.2 Å². The van der Waals surface area contributed by atoms with Gasteiger partial charge in [0.25, 0.3) is 5.91 Å². The van der Waals surface area contributed by atoms with E-state index < -0.39 is 0 Å². The minimum atomic E-state index is -0.146. The van der Waals surface area contributed by atoms with Gasteiger partial charge in [-0.1, -0.05) is 32.0 Å². The summed E-state index contributed by atoms with van der Waals surface area (Å²) >= 11 is 0. The smallest absolute Gasteiger partial charge is 0.278 e. The lowest BCUT2D eigenvalue weighted by Crippen LogP contribution is -2.37. The molecule has 0 aliphatic heterocycles. The highest BCUT2D eigenvalue weighted by Gasteiger charge is 2.24. The molecule has 0 saturated heterocycles. The summed E-state index contributed by atoms with van der Waals surface area (Å²) in [7, 11) is 3.17. The summed E-state index contributed by atoms with van der Waals surface area (Å²) < 4.78 is 12.1. The number of nitrogens with zero attached hydrogens (tertiary/aromatic N) is 3.